The summed E-state index contributed by atoms with van der Waals surface area (Å²) in [6.45, 7) is 4.71. The van der Waals surface area contributed by atoms with Crippen molar-refractivity contribution in [3.05, 3.63) is 40.7 Å². The minimum absolute atomic E-state index is 0.0674. The molecule has 1 aromatic heterocycles. The number of H-pyrrole nitrogens is 1. The first-order chi connectivity index (χ1) is 11.6. The van der Waals surface area contributed by atoms with E-state index in [4.69, 9.17) is 9.47 Å². The van der Waals surface area contributed by atoms with Gasteiger partial charge in [0.1, 0.15) is 5.75 Å². The molecule has 2 aromatic rings. The van der Waals surface area contributed by atoms with E-state index < -0.39 is 0 Å². The molecule has 5 nitrogen and oxygen atoms in total. The normalized spacial score (nSPS) is 11.0. The van der Waals surface area contributed by atoms with Gasteiger partial charge in [-0.1, -0.05) is 26.0 Å². The minimum Gasteiger partial charge on any atom is -0.493 e. The third-order valence-corrected chi connectivity index (χ3v) is 3.72. The summed E-state index contributed by atoms with van der Waals surface area (Å²) >= 11 is 0. The van der Waals surface area contributed by atoms with Crippen LogP contribution in [0.5, 0.6) is 5.75 Å². The molecule has 0 spiro atoms. The van der Waals surface area contributed by atoms with Crippen LogP contribution in [0.25, 0.3) is 10.9 Å². The molecule has 0 aliphatic heterocycles. The van der Waals surface area contributed by atoms with Crippen LogP contribution in [-0.2, 0) is 9.53 Å². The molecule has 1 aromatic carbocycles. The van der Waals surface area contributed by atoms with E-state index in [2.05, 4.69) is 4.98 Å². The lowest BCUT2D eigenvalue weighted by Crippen LogP contribution is -2.12. The summed E-state index contributed by atoms with van der Waals surface area (Å²) in [6, 6.07) is 9.10. The monoisotopic (exact) mass is 331 g/mol. The van der Waals surface area contributed by atoms with E-state index >= 15 is 0 Å². The number of nitrogens with one attached hydrogen (secondary N) is 1. The number of hydrogen-bond acceptors (Lipinski definition) is 4. The maximum atomic E-state index is 11.6. The summed E-state index contributed by atoms with van der Waals surface area (Å²) in [6.07, 6.45) is 3.76. The van der Waals surface area contributed by atoms with Gasteiger partial charge < -0.3 is 14.5 Å². The van der Waals surface area contributed by atoms with Crippen LogP contribution in [0.1, 0.15) is 39.5 Å². The highest BCUT2D eigenvalue weighted by Gasteiger charge is 2.07. The highest BCUT2D eigenvalue weighted by molar-refractivity contribution is 5.84. The number of rotatable bonds is 9. The summed E-state index contributed by atoms with van der Waals surface area (Å²) in [5.41, 5.74) is 0.627. The highest BCUT2D eigenvalue weighted by Crippen LogP contribution is 2.21. The van der Waals surface area contributed by atoms with Crippen molar-refractivity contribution in [1.82, 2.24) is 4.98 Å². The largest absolute Gasteiger partial charge is 0.493 e. The Morgan fingerprint density at radius 1 is 1.08 bits per heavy atom. The Bertz CT molecular complexity index is 721. The number of benzene rings is 1. The van der Waals surface area contributed by atoms with Crippen LogP contribution in [-0.4, -0.2) is 24.2 Å². The molecule has 0 bridgehead atoms. The summed E-state index contributed by atoms with van der Waals surface area (Å²) in [5.74, 6) is 0.418. The minimum atomic E-state index is -0.157. The van der Waals surface area contributed by atoms with Gasteiger partial charge in [0, 0.05) is 11.5 Å². The van der Waals surface area contributed by atoms with Crippen molar-refractivity contribution in [2.75, 3.05) is 13.2 Å². The first-order valence-electron chi connectivity index (χ1n) is 8.49. The lowest BCUT2D eigenvalue weighted by molar-refractivity contribution is -0.147. The molecule has 0 radical (unpaired) electrons. The van der Waals surface area contributed by atoms with E-state index in [1.807, 2.05) is 38.1 Å². The molecule has 2 rings (SSSR count). The van der Waals surface area contributed by atoms with Gasteiger partial charge in [-0.2, -0.15) is 0 Å². The predicted molar refractivity (Wildman–Crippen MR) is 94.3 cm³/mol. The fourth-order valence-electron chi connectivity index (χ4n) is 2.37. The lowest BCUT2D eigenvalue weighted by Gasteiger charge is -2.09. The van der Waals surface area contributed by atoms with E-state index in [0.29, 0.717) is 19.0 Å². The van der Waals surface area contributed by atoms with Crippen molar-refractivity contribution in [1.29, 1.82) is 0 Å². The Labute approximate surface area is 142 Å². The number of pyridine rings is 1. The van der Waals surface area contributed by atoms with Crippen LogP contribution in [0.4, 0.5) is 0 Å². The number of carbonyl (C=O) groups is 1. The zero-order chi connectivity index (χ0) is 17.4. The number of para-hydroxylation sites is 1. The average molecular weight is 331 g/mol. The molecular formula is C19H25NO4. The Hall–Kier alpha value is -2.30. The molecule has 0 aliphatic carbocycles. The molecule has 0 atom stereocenters. The highest BCUT2D eigenvalue weighted by atomic mass is 16.5. The van der Waals surface area contributed by atoms with Crippen LogP contribution >= 0.6 is 0 Å². The number of unbranched alkanes of at least 4 members (excludes halogenated alkanes) is 3. The molecule has 0 saturated heterocycles. The predicted octanol–water partition coefficient (Wildman–Crippen LogP) is 3.67. The van der Waals surface area contributed by atoms with Gasteiger partial charge in [0.15, 0.2) is 0 Å². The SMILES string of the molecule is CC(C)C(=O)OCCCCCCOc1cc(=O)[nH]c2ccccc12. The zero-order valence-electron chi connectivity index (χ0n) is 14.3. The first kappa shape index (κ1) is 18.0. The van der Waals surface area contributed by atoms with Crippen LogP contribution in [0.2, 0.25) is 0 Å². The van der Waals surface area contributed by atoms with Gasteiger partial charge >= 0.3 is 5.97 Å². The fourth-order valence-corrected chi connectivity index (χ4v) is 2.37. The van der Waals surface area contributed by atoms with E-state index in [0.717, 1.165) is 36.6 Å². The van der Waals surface area contributed by atoms with Gasteiger partial charge in [0.2, 0.25) is 0 Å². The number of hydrogen-bond donors (Lipinski definition) is 1. The maximum absolute atomic E-state index is 11.6. The summed E-state index contributed by atoms with van der Waals surface area (Å²) < 4.78 is 10.9. The van der Waals surface area contributed by atoms with Crippen molar-refractivity contribution in [2.45, 2.75) is 39.5 Å². The Kier molecular flexibility index (Phi) is 6.85. The number of aromatic nitrogens is 1. The first-order valence-corrected chi connectivity index (χ1v) is 8.49. The molecule has 0 fully saturated rings. The van der Waals surface area contributed by atoms with Crippen molar-refractivity contribution in [3.8, 4) is 5.75 Å². The zero-order valence-corrected chi connectivity index (χ0v) is 14.3. The van der Waals surface area contributed by atoms with Crippen molar-refractivity contribution >= 4 is 16.9 Å². The van der Waals surface area contributed by atoms with Crippen molar-refractivity contribution < 1.29 is 14.3 Å². The lowest BCUT2D eigenvalue weighted by atomic mass is 10.2. The molecule has 24 heavy (non-hydrogen) atoms. The molecule has 1 heterocycles. The molecule has 130 valence electrons. The Morgan fingerprint density at radius 2 is 1.79 bits per heavy atom. The molecule has 5 heteroatoms. The van der Waals surface area contributed by atoms with Gasteiger partial charge in [-0.3, -0.25) is 9.59 Å². The third kappa shape index (κ3) is 5.41. The van der Waals surface area contributed by atoms with Gasteiger partial charge in [-0.15, -0.1) is 0 Å². The van der Waals surface area contributed by atoms with Crippen LogP contribution in [0.3, 0.4) is 0 Å². The molecule has 0 unspecified atom stereocenters. The second kappa shape index (κ2) is 9.11. The number of aromatic amines is 1. The topological polar surface area (TPSA) is 68.4 Å². The number of fused-ring (bicyclic) bond motifs is 1. The molecule has 0 amide bonds. The van der Waals surface area contributed by atoms with Gasteiger partial charge in [0.25, 0.3) is 5.56 Å². The van der Waals surface area contributed by atoms with Gasteiger partial charge in [-0.25, -0.2) is 0 Å². The standard InChI is InChI=1S/C19H25NO4/c1-14(2)19(22)24-12-8-4-3-7-11-23-17-13-18(21)20-16-10-6-5-9-15(16)17/h5-6,9-10,13-14H,3-4,7-8,11-12H2,1-2H3,(H,20,21). The summed E-state index contributed by atoms with van der Waals surface area (Å²) in [4.78, 5) is 25.7. The Morgan fingerprint density at radius 3 is 2.54 bits per heavy atom. The van der Waals surface area contributed by atoms with Gasteiger partial charge in [0.05, 0.1) is 24.6 Å². The molecule has 0 aliphatic rings. The number of ether oxygens (including phenoxy) is 2. The summed E-state index contributed by atoms with van der Waals surface area (Å²) in [5, 5.41) is 0.915. The summed E-state index contributed by atoms with van der Waals surface area (Å²) in [7, 11) is 0. The fraction of sp³-hybridized carbons (Fsp3) is 0.474. The van der Waals surface area contributed by atoms with Crippen LogP contribution < -0.4 is 10.3 Å². The van der Waals surface area contributed by atoms with Gasteiger partial charge in [-0.05, 0) is 37.8 Å². The number of esters is 1. The Balaban J connectivity index is 1.68. The van der Waals surface area contributed by atoms with E-state index in [-0.39, 0.29) is 17.4 Å². The second-order valence-corrected chi connectivity index (χ2v) is 6.13. The van der Waals surface area contributed by atoms with E-state index in [9.17, 15) is 9.59 Å². The molecule has 0 saturated carbocycles. The third-order valence-electron chi connectivity index (χ3n) is 3.72. The van der Waals surface area contributed by atoms with Crippen molar-refractivity contribution in [3.63, 3.8) is 0 Å². The van der Waals surface area contributed by atoms with Crippen LogP contribution in [0.15, 0.2) is 35.1 Å². The van der Waals surface area contributed by atoms with Crippen LogP contribution in [0, 0.1) is 5.92 Å². The second-order valence-electron chi connectivity index (χ2n) is 6.13. The van der Waals surface area contributed by atoms with E-state index in [1.165, 1.54) is 6.07 Å². The molecular weight excluding hydrogens is 306 g/mol. The number of carbonyl (C=O) groups excluding carboxylic acids is 1. The van der Waals surface area contributed by atoms with Crippen molar-refractivity contribution in [2.24, 2.45) is 5.92 Å². The van der Waals surface area contributed by atoms with E-state index in [1.54, 1.807) is 0 Å². The quantitative estimate of drug-likeness (QED) is 0.562. The smallest absolute Gasteiger partial charge is 0.308 e. The maximum Gasteiger partial charge on any atom is 0.308 e. The molecule has 1 N–H and O–H groups in total. The average Bonchev–Trinajstić information content (AvgIpc) is 2.56.